The summed E-state index contributed by atoms with van der Waals surface area (Å²) in [6.07, 6.45) is 8.25. The summed E-state index contributed by atoms with van der Waals surface area (Å²) >= 11 is 0. The molecule has 1 N–H and O–H groups in total. The number of ether oxygens (including phenoxy) is 1. The predicted octanol–water partition coefficient (Wildman–Crippen LogP) is 3.86. The molecule has 1 saturated carbocycles. The highest BCUT2D eigenvalue weighted by Gasteiger charge is 2.19. The average molecular weight is 248 g/mol. The van der Waals surface area contributed by atoms with E-state index < -0.39 is 0 Å². The standard InChI is InChI=1S/C15H24N2O/c1-3-9-16-15-11-14(8-10-17-15)18-13-6-4-12(2)5-7-13/h8,10-13H,3-7,9H2,1-2H3,(H,16,17). The molecule has 0 amide bonds. The molecule has 0 aliphatic heterocycles. The van der Waals surface area contributed by atoms with Gasteiger partial charge < -0.3 is 10.1 Å². The lowest BCUT2D eigenvalue weighted by atomic mass is 9.89. The molecule has 0 unspecified atom stereocenters. The van der Waals surface area contributed by atoms with Gasteiger partial charge in [0, 0.05) is 18.8 Å². The molecule has 3 nitrogen and oxygen atoms in total. The fourth-order valence-electron chi connectivity index (χ4n) is 2.37. The van der Waals surface area contributed by atoms with Crippen molar-refractivity contribution in [3.8, 4) is 5.75 Å². The fourth-order valence-corrected chi connectivity index (χ4v) is 2.37. The third kappa shape index (κ3) is 3.90. The quantitative estimate of drug-likeness (QED) is 0.859. The zero-order valence-electron chi connectivity index (χ0n) is 11.5. The molecule has 100 valence electrons. The molecule has 1 heterocycles. The summed E-state index contributed by atoms with van der Waals surface area (Å²) in [4.78, 5) is 4.29. The zero-order chi connectivity index (χ0) is 12.8. The minimum Gasteiger partial charge on any atom is -0.490 e. The van der Waals surface area contributed by atoms with Crippen molar-refractivity contribution in [2.24, 2.45) is 5.92 Å². The van der Waals surface area contributed by atoms with E-state index >= 15 is 0 Å². The van der Waals surface area contributed by atoms with Crippen molar-refractivity contribution < 1.29 is 4.74 Å². The summed E-state index contributed by atoms with van der Waals surface area (Å²) in [5.74, 6) is 2.73. The number of pyridine rings is 1. The topological polar surface area (TPSA) is 34.1 Å². The molecular formula is C15H24N2O. The van der Waals surface area contributed by atoms with E-state index in [2.05, 4.69) is 24.1 Å². The molecule has 0 saturated heterocycles. The molecule has 1 aliphatic carbocycles. The van der Waals surface area contributed by atoms with E-state index in [0.29, 0.717) is 6.10 Å². The highest BCUT2D eigenvalue weighted by molar-refractivity contribution is 5.40. The maximum Gasteiger partial charge on any atom is 0.129 e. The van der Waals surface area contributed by atoms with Gasteiger partial charge in [0.1, 0.15) is 11.6 Å². The van der Waals surface area contributed by atoms with Gasteiger partial charge in [-0.05, 0) is 44.1 Å². The van der Waals surface area contributed by atoms with E-state index in [1.807, 2.05) is 18.3 Å². The summed E-state index contributed by atoms with van der Waals surface area (Å²) in [5, 5.41) is 3.29. The first-order chi connectivity index (χ1) is 8.78. The minimum atomic E-state index is 0.391. The summed E-state index contributed by atoms with van der Waals surface area (Å²) in [6.45, 7) is 5.43. The maximum absolute atomic E-state index is 6.04. The van der Waals surface area contributed by atoms with E-state index in [0.717, 1.165) is 30.5 Å². The van der Waals surface area contributed by atoms with Crippen molar-refractivity contribution in [1.29, 1.82) is 0 Å². The fraction of sp³-hybridized carbons (Fsp3) is 0.667. The van der Waals surface area contributed by atoms with Crippen molar-refractivity contribution >= 4 is 5.82 Å². The summed E-state index contributed by atoms with van der Waals surface area (Å²) in [6, 6.07) is 3.96. The first kappa shape index (κ1) is 13.2. The Morgan fingerprint density at radius 2 is 2.11 bits per heavy atom. The van der Waals surface area contributed by atoms with Gasteiger partial charge in [-0.3, -0.25) is 0 Å². The Bertz CT molecular complexity index is 359. The highest BCUT2D eigenvalue weighted by Crippen LogP contribution is 2.27. The van der Waals surface area contributed by atoms with Gasteiger partial charge in [0.25, 0.3) is 0 Å². The van der Waals surface area contributed by atoms with Crippen LogP contribution < -0.4 is 10.1 Å². The van der Waals surface area contributed by atoms with Crippen molar-refractivity contribution in [1.82, 2.24) is 4.98 Å². The first-order valence-electron chi connectivity index (χ1n) is 7.14. The Morgan fingerprint density at radius 1 is 1.33 bits per heavy atom. The third-order valence-corrected chi connectivity index (χ3v) is 3.55. The Morgan fingerprint density at radius 3 is 2.83 bits per heavy atom. The lowest BCUT2D eigenvalue weighted by Crippen LogP contribution is -2.23. The van der Waals surface area contributed by atoms with E-state index in [1.54, 1.807) is 0 Å². The van der Waals surface area contributed by atoms with Crippen molar-refractivity contribution in [2.75, 3.05) is 11.9 Å². The molecule has 1 aromatic heterocycles. The molecule has 0 radical (unpaired) electrons. The Balaban J connectivity index is 1.88. The molecule has 18 heavy (non-hydrogen) atoms. The normalized spacial score (nSPS) is 23.7. The molecule has 0 spiro atoms. The van der Waals surface area contributed by atoms with Crippen LogP contribution in [0.5, 0.6) is 5.75 Å². The molecule has 0 bridgehead atoms. The lowest BCUT2D eigenvalue weighted by molar-refractivity contribution is 0.135. The van der Waals surface area contributed by atoms with Crippen LogP contribution >= 0.6 is 0 Å². The number of rotatable bonds is 5. The Hall–Kier alpha value is -1.25. The molecule has 0 atom stereocenters. The van der Waals surface area contributed by atoms with Crippen LogP contribution in [0.1, 0.15) is 46.0 Å². The SMILES string of the molecule is CCCNc1cc(OC2CCC(C)CC2)ccn1. The zero-order valence-corrected chi connectivity index (χ0v) is 11.5. The van der Waals surface area contributed by atoms with E-state index in [1.165, 1.54) is 25.7 Å². The second kappa shape index (κ2) is 6.62. The lowest BCUT2D eigenvalue weighted by Gasteiger charge is -2.26. The van der Waals surface area contributed by atoms with Crippen LogP contribution in [0, 0.1) is 5.92 Å². The number of hydrogen-bond donors (Lipinski definition) is 1. The van der Waals surface area contributed by atoms with E-state index in [4.69, 9.17) is 4.74 Å². The number of nitrogens with one attached hydrogen (secondary N) is 1. The van der Waals surface area contributed by atoms with Crippen LogP contribution in [0.15, 0.2) is 18.3 Å². The third-order valence-electron chi connectivity index (χ3n) is 3.55. The average Bonchev–Trinajstić information content (AvgIpc) is 2.40. The van der Waals surface area contributed by atoms with Crippen LogP contribution in [-0.4, -0.2) is 17.6 Å². The first-order valence-corrected chi connectivity index (χ1v) is 7.14. The van der Waals surface area contributed by atoms with Gasteiger partial charge in [-0.2, -0.15) is 0 Å². The predicted molar refractivity (Wildman–Crippen MR) is 75.1 cm³/mol. The van der Waals surface area contributed by atoms with Gasteiger partial charge in [0.05, 0.1) is 6.10 Å². The molecule has 1 fully saturated rings. The minimum absolute atomic E-state index is 0.391. The van der Waals surface area contributed by atoms with Crippen LogP contribution in [0.2, 0.25) is 0 Å². The second-order valence-electron chi connectivity index (χ2n) is 5.30. The summed E-state index contributed by atoms with van der Waals surface area (Å²) < 4.78 is 6.04. The largest absolute Gasteiger partial charge is 0.490 e. The van der Waals surface area contributed by atoms with Crippen LogP contribution in [0.4, 0.5) is 5.82 Å². The molecule has 3 heteroatoms. The number of anilines is 1. The number of nitrogens with zero attached hydrogens (tertiary/aromatic N) is 1. The van der Waals surface area contributed by atoms with Crippen molar-refractivity contribution in [3.63, 3.8) is 0 Å². The number of hydrogen-bond acceptors (Lipinski definition) is 3. The van der Waals surface area contributed by atoms with Crippen molar-refractivity contribution in [2.45, 2.75) is 52.1 Å². The monoisotopic (exact) mass is 248 g/mol. The van der Waals surface area contributed by atoms with E-state index in [9.17, 15) is 0 Å². The van der Waals surface area contributed by atoms with E-state index in [-0.39, 0.29) is 0 Å². The molecule has 2 rings (SSSR count). The van der Waals surface area contributed by atoms with Crippen LogP contribution in [0.3, 0.4) is 0 Å². The van der Waals surface area contributed by atoms with Crippen LogP contribution in [-0.2, 0) is 0 Å². The summed E-state index contributed by atoms with van der Waals surface area (Å²) in [5.41, 5.74) is 0. The van der Waals surface area contributed by atoms with Gasteiger partial charge in [0.2, 0.25) is 0 Å². The second-order valence-corrected chi connectivity index (χ2v) is 5.30. The smallest absolute Gasteiger partial charge is 0.129 e. The van der Waals surface area contributed by atoms with Gasteiger partial charge in [-0.1, -0.05) is 13.8 Å². The van der Waals surface area contributed by atoms with Gasteiger partial charge in [-0.15, -0.1) is 0 Å². The van der Waals surface area contributed by atoms with Gasteiger partial charge in [0.15, 0.2) is 0 Å². The Labute approximate surface area is 110 Å². The molecular weight excluding hydrogens is 224 g/mol. The van der Waals surface area contributed by atoms with Crippen molar-refractivity contribution in [3.05, 3.63) is 18.3 Å². The summed E-state index contributed by atoms with van der Waals surface area (Å²) in [7, 11) is 0. The highest BCUT2D eigenvalue weighted by atomic mass is 16.5. The molecule has 0 aromatic carbocycles. The van der Waals surface area contributed by atoms with Gasteiger partial charge >= 0.3 is 0 Å². The van der Waals surface area contributed by atoms with Crippen LogP contribution in [0.25, 0.3) is 0 Å². The Kier molecular flexibility index (Phi) is 4.85. The molecule has 1 aromatic rings. The molecule has 1 aliphatic rings. The number of aromatic nitrogens is 1. The maximum atomic E-state index is 6.04. The van der Waals surface area contributed by atoms with Gasteiger partial charge in [-0.25, -0.2) is 4.98 Å².